The zero-order valence-corrected chi connectivity index (χ0v) is 13.4. The molecule has 0 fully saturated rings. The molecule has 0 aromatic heterocycles. The van der Waals surface area contributed by atoms with E-state index in [1.54, 1.807) is 0 Å². The zero-order chi connectivity index (χ0) is 13.1. The molecule has 0 nitrogen and oxygen atoms in total. The molecule has 1 heteroatoms. The smallest absolute Gasteiger partial charge is 0.0194 e. The van der Waals surface area contributed by atoms with E-state index in [2.05, 4.69) is 68.7 Å². The minimum atomic E-state index is 0.364. The predicted molar refractivity (Wildman–Crippen MR) is 81.0 cm³/mol. The average molecular weight is 297 g/mol. The maximum Gasteiger partial charge on any atom is 0.0194 e. The van der Waals surface area contributed by atoms with Crippen LogP contribution in [0.1, 0.15) is 50.3 Å². The molecule has 0 radical (unpaired) electrons. The first-order chi connectivity index (χ1) is 7.80. The van der Waals surface area contributed by atoms with Gasteiger partial charge in [-0.25, -0.2) is 0 Å². The number of rotatable bonds is 4. The summed E-state index contributed by atoms with van der Waals surface area (Å²) in [5.74, 6) is 0. The van der Waals surface area contributed by atoms with E-state index in [0.717, 1.165) is 0 Å². The number of hydrogen-bond donors (Lipinski definition) is 0. The van der Waals surface area contributed by atoms with Crippen LogP contribution in [-0.2, 0) is 6.42 Å². The van der Waals surface area contributed by atoms with Crippen LogP contribution in [0.3, 0.4) is 0 Å². The van der Waals surface area contributed by atoms with E-state index in [1.807, 2.05) is 0 Å². The maximum absolute atomic E-state index is 3.80. The summed E-state index contributed by atoms with van der Waals surface area (Å²) in [6.45, 7) is 11.3. The van der Waals surface area contributed by atoms with Gasteiger partial charge >= 0.3 is 0 Å². The summed E-state index contributed by atoms with van der Waals surface area (Å²) in [7, 11) is 0. The number of halogens is 1. The molecule has 0 saturated heterocycles. The number of benzene rings is 1. The Kier molecular flexibility index (Phi) is 5.24. The molecule has 17 heavy (non-hydrogen) atoms. The molecule has 96 valence electrons. The van der Waals surface area contributed by atoms with Gasteiger partial charge < -0.3 is 0 Å². The molecule has 1 rings (SSSR count). The Balaban J connectivity index is 2.44. The van der Waals surface area contributed by atoms with Gasteiger partial charge in [0.2, 0.25) is 0 Å². The van der Waals surface area contributed by atoms with Gasteiger partial charge in [-0.2, -0.15) is 0 Å². The predicted octanol–water partition coefficient (Wildman–Crippen LogP) is 5.44. The molecule has 0 spiro atoms. The van der Waals surface area contributed by atoms with Gasteiger partial charge in [0.15, 0.2) is 0 Å². The minimum Gasteiger partial charge on any atom is -0.0885 e. The standard InChI is InChI=1S/C16H25Br/c1-12-9-10-14(11-13(12)2)7-6-8-15(17)16(3,4)5/h9-11,15H,6-8H2,1-5H3. The van der Waals surface area contributed by atoms with Crippen molar-refractivity contribution in [3.05, 3.63) is 34.9 Å². The van der Waals surface area contributed by atoms with Crippen molar-refractivity contribution in [2.45, 2.75) is 58.7 Å². The third-order valence-corrected chi connectivity index (χ3v) is 5.27. The SMILES string of the molecule is Cc1ccc(CCCC(Br)C(C)(C)C)cc1C. The molecular weight excluding hydrogens is 272 g/mol. The van der Waals surface area contributed by atoms with Gasteiger partial charge in [0, 0.05) is 4.83 Å². The highest BCUT2D eigenvalue weighted by Gasteiger charge is 2.20. The van der Waals surface area contributed by atoms with E-state index >= 15 is 0 Å². The van der Waals surface area contributed by atoms with Crippen molar-refractivity contribution < 1.29 is 0 Å². The van der Waals surface area contributed by atoms with E-state index in [1.165, 1.54) is 36.0 Å². The van der Waals surface area contributed by atoms with Crippen LogP contribution in [0, 0.1) is 19.3 Å². The van der Waals surface area contributed by atoms with E-state index in [0.29, 0.717) is 10.2 Å². The third kappa shape index (κ3) is 4.83. The fourth-order valence-corrected chi connectivity index (χ4v) is 2.20. The van der Waals surface area contributed by atoms with Crippen LogP contribution >= 0.6 is 15.9 Å². The molecule has 1 aromatic carbocycles. The molecule has 0 bridgehead atoms. The van der Waals surface area contributed by atoms with Crippen LogP contribution < -0.4 is 0 Å². The Morgan fingerprint density at radius 1 is 1.12 bits per heavy atom. The molecule has 0 amide bonds. The molecular formula is C16H25Br. The maximum atomic E-state index is 3.80. The lowest BCUT2D eigenvalue weighted by Gasteiger charge is -2.25. The van der Waals surface area contributed by atoms with Gasteiger partial charge in [0.25, 0.3) is 0 Å². The Labute approximate surface area is 115 Å². The largest absolute Gasteiger partial charge is 0.0885 e. The lowest BCUT2D eigenvalue weighted by Crippen LogP contribution is -2.20. The summed E-state index contributed by atoms with van der Waals surface area (Å²) in [5, 5.41) is 0. The summed E-state index contributed by atoms with van der Waals surface area (Å²) in [6, 6.07) is 6.83. The molecule has 0 N–H and O–H groups in total. The van der Waals surface area contributed by atoms with Crippen LogP contribution in [0.15, 0.2) is 18.2 Å². The number of aryl methyl sites for hydroxylation is 3. The van der Waals surface area contributed by atoms with Crippen LogP contribution in [-0.4, -0.2) is 4.83 Å². The van der Waals surface area contributed by atoms with Crippen molar-refractivity contribution >= 4 is 15.9 Å². The first-order valence-electron chi connectivity index (χ1n) is 6.51. The van der Waals surface area contributed by atoms with Gasteiger partial charge in [0.05, 0.1) is 0 Å². The Hall–Kier alpha value is -0.300. The van der Waals surface area contributed by atoms with Gasteiger partial charge in [-0.15, -0.1) is 0 Å². The topological polar surface area (TPSA) is 0 Å². The lowest BCUT2D eigenvalue weighted by molar-refractivity contribution is 0.380. The first-order valence-corrected chi connectivity index (χ1v) is 7.42. The van der Waals surface area contributed by atoms with Crippen LogP contribution in [0.5, 0.6) is 0 Å². The van der Waals surface area contributed by atoms with E-state index in [9.17, 15) is 0 Å². The molecule has 1 aromatic rings. The summed E-state index contributed by atoms with van der Waals surface area (Å²) in [4.78, 5) is 0.613. The first kappa shape index (κ1) is 14.8. The van der Waals surface area contributed by atoms with Crippen molar-refractivity contribution in [2.24, 2.45) is 5.41 Å². The lowest BCUT2D eigenvalue weighted by atomic mass is 9.89. The molecule has 1 unspecified atom stereocenters. The summed E-state index contributed by atoms with van der Waals surface area (Å²) in [6.07, 6.45) is 3.70. The normalized spacial score (nSPS) is 13.8. The van der Waals surface area contributed by atoms with Crippen molar-refractivity contribution in [2.75, 3.05) is 0 Å². The second-order valence-electron chi connectivity index (χ2n) is 6.14. The van der Waals surface area contributed by atoms with Crippen molar-refractivity contribution in [1.82, 2.24) is 0 Å². The van der Waals surface area contributed by atoms with Crippen LogP contribution in [0.4, 0.5) is 0 Å². The second kappa shape index (κ2) is 6.04. The van der Waals surface area contributed by atoms with E-state index in [-0.39, 0.29) is 0 Å². The van der Waals surface area contributed by atoms with E-state index < -0.39 is 0 Å². The molecule has 0 aliphatic rings. The Morgan fingerprint density at radius 2 is 1.76 bits per heavy atom. The van der Waals surface area contributed by atoms with Crippen molar-refractivity contribution in [3.8, 4) is 0 Å². The highest BCUT2D eigenvalue weighted by molar-refractivity contribution is 9.09. The monoisotopic (exact) mass is 296 g/mol. The van der Waals surface area contributed by atoms with Crippen molar-refractivity contribution in [3.63, 3.8) is 0 Å². The van der Waals surface area contributed by atoms with Gasteiger partial charge in [0.1, 0.15) is 0 Å². The highest BCUT2D eigenvalue weighted by Crippen LogP contribution is 2.30. The summed E-state index contributed by atoms with van der Waals surface area (Å²) < 4.78 is 0. The molecule has 0 aliphatic carbocycles. The highest BCUT2D eigenvalue weighted by atomic mass is 79.9. The van der Waals surface area contributed by atoms with Gasteiger partial charge in [-0.1, -0.05) is 54.9 Å². The molecule has 0 heterocycles. The molecule has 0 saturated carbocycles. The fraction of sp³-hybridized carbons (Fsp3) is 0.625. The fourth-order valence-electron chi connectivity index (χ4n) is 1.88. The van der Waals surface area contributed by atoms with Crippen LogP contribution in [0.25, 0.3) is 0 Å². The summed E-state index contributed by atoms with van der Waals surface area (Å²) in [5.41, 5.74) is 4.64. The third-order valence-electron chi connectivity index (χ3n) is 3.43. The van der Waals surface area contributed by atoms with Gasteiger partial charge in [-0.3, -0.25) is 0 Å². The average Bonchev–Trinajstić information content (AvgIpc) is 2.22. The minimum absolute atomic E-state index is 0.364. The van der Waals surface area contributed by atoms with Gasteiger partial charge in [-0.05, 0) is 55.2 Å². The second-order valence-corrected chi connectivity index (χ2v) is 7.25. The molecule has 0 aliphatic heterocycles. The number of hydrogen-bond acceptors (Lipinski definition) is 0. The van der Waals surface area contributed by atoms with Crippen molar-refractivity contribution in [1.29, 1.82) is 0 Å². The molecule has 1 atom stereocenters. The Morgan fingerprint density at radius 3 is 2.29 bits per heavy atom. The quantitative estimate of drug-likeness (QED) is 0.649. The Bertz CT molecular complexity index is 360. The summed E-state index contributed by atoms with van der Waals surface area (Å²) >= 11 is 3.80. The zero-order valence-electron chi connectivity index (χ0n) is 11.8. The number of alkyl halides is 1. The van der Waals surface area contributed by atoms with Crippen LogP contribution in [0.2, 0.25) is 0 Å². The van der Waals surface area contributed by atoms with E-state index in [4.69, 9.17) is 0 Å².